The third-order valence-corrected chi connectivity index (χ3v) is 4.19. The van der Waals surface area contributed by atoms with E-state index in [-0.39, 0.29) is 6.61 Å². The molecule has 1 aromatic carbocycles. The van der Waals surface area contributed by atoms with E-state index in [0.717, 1.165) is 31.2 Å². The summed E-state index contributed by atoms with van der Waals surface area (Å²) >= 11 is 0. The van der Waals surface area contributed by atoms with E-state index in [0.29, 0.717) is 11.4 Å². The monoisotopic (exact) mass is 271 g/mol. The number of nitrogens with one attached hydrogen (secondary N) is 1. The number of sulfonamides is 1. The van der Waals surface area contributed by atoms with Crippen LogP contribution in [0, 0.1) is 6.92 Å². The highest BCUT2D eigenvalue weighted by Crippen LogP contribution is 2.10. The minimum atomic E-state index is -3.37. The van der Waals surface area contributed by atoms with E-state index in [1.54, 1.807) is 24.3 Å². The normalized spacial score (nSPS) is 11.7. The number of aliphatic hydroxyl groups is 1. The van der Waals surface area contributed by atoms with Gasteiger partial charge >= 0.3 is 0 Å². The molecule has 1 rings (SSSR count). The van der Waals surface area contributed by atoms with Gasteiger partial charge in [0.1, 0.15) is 0 Å². The van der Waals surface area contributed by atoms with Crippen LogP contribution in [0.5, 0.6) is 0 Å². The SMILES string of the molecule is Cc1ccc(S(=O)(=O)NCCCCCCO)cc1. The van der Waals surface area contributed by atoms with E-state index in [9.17, 15) is 8.42 Å². The summed E-state index contributed by atoms with van der Waals surface area (Å²) in [6.07, 6.45) is 3.44. The minimum absolute atomic E-state index is 0.203. The Bertz CT molecular complexity index is 440. The van der Waals surface area contributed by atoms with Crippen molar-refractivity contribution in [2.75, 3.05) is 13.2 Å². The summed E-state index contributed by atoms with van der Waals surface area (Å²) in [5.41, 5.74) is 1.04. The van der Waals surface area contributed by atoms with Gasteiger partial charge < -0.3 is 5.11 Å². The Balaban J connectivity index is 2.38. The summed E-state index contributed by atoms with van der Waals surface area (Å²) in [6, 6.07) is 6.80. The second kappa shape index (κ2) is 7.51. The largest absolute Gasteiger partial charge is 0.396 e. The predicted octanol–water partition coefficient (Wildman–Crippen LogP) is 1.83. The van der Waals surface area contributed by atoms with Crippen LogP contribution < -0.4 is 4.72 Å². The maximum Gasteiger partial charge on any atom is 0.240 e. The highest BCUT2D eigenvalue weighted by atomic mass is 32.2. The summed E-state index contributed by atoms with van der Waals surface area (Å²) < 4.78 is 26.3. The first kappa shape index (κ1) is 15.1. The number of unbranched alkanes of at least 4 members (excludes halogenated alkanes) is 3. The molecule has 0 radical (unpaired) electrons. The average Bonchev–Trinajstić information content (AvgIpc) is 2.34. The molecule has 0 aromatic heterocycles. The summed E-state index contributed by atoms with van der Waals surface area (Å²) in [6.45, 7) is 2.57. The van der Waals surface area contributed by atoms with Gasteiger partial charge in [-0.05, 0) is 31.9 Å². The number of hydrogen-bond acceptors (Lipinski definition) is 3. The van der Waals surface area contributed by atoms with Crippen molar-refractivity contribution in [3.05, 3.63) is 29.8 Å². The van der Waals surface area contributed by atoms with Crippen LogP contribution in [-0.2, 0) is 10.0 Å². The molecule has 18 heavy (non-hydrogen) atoms. The third-order valence-electron chi connectivity index (χ3n) is 2.71. The zero-order valence-corrected chi connectivity index (χ0v) is 11.5. The topological polar surface area (TPSA) is 66.4 Å². The standard InChI is InChI=1S/C13H21NO3S/c1-12-6-8-13(9-7-12)18(16,17)14-10-4-2-3-5-11-15/h6-9,14-15H,2-5,10-11H2,1H3. The molecule has 4 nitrogen and oxygen atoms in total. The van der Waals surface area contributed by atoms with Crippen LogP contribution in [0.2, 0.25) is 0 Å². The quantitative estimate of drug-likeness (QED) is 0.709. The van der Waals surface area contributed by atoms with Crippen LogP contribution in [0.4, 0.5) is 0 Å². The van der Waals surface area contributed by atoms with Crippen LogP contribution >= 0.6 is 0 Å². The first-order valence-electron chi connectivity index (χ1n) is 6.23. The maximum atomic E-state index is 11.9. The van der Waals surface area contributed by atoms with Gasteiger partial charge in [-0.3, -0.25) is 0 Å². The van der Waals surface area contributed by atoms with Crippen molar-refractivity contribution in [3.63, 3.8) is 0 Å². The highest BCUT2D eigenvalue weighted by molar-refractivity contribution is 7.89. The van der Waals surface area contributed by atoms with Crippen LogP contribution in [-0.4, -0.2) is 26.7 Å². The molecule has 1 aromatic rings. The number of aliphatic hydroxyl groups excluding tert-OH is 1. The fourth-order valence-corrected chi connectivity index (χ4v) is 2.67. The molecule has 0 fully saturated rings. The molecule has 0 saturated heterocycles. The Morgan fingerprint density at radius 1 is 1.06 bits per heavy atom. The molecule has 0 amide bonds. The van der Waals surface area contributed by atoms with Crippen molar-refractivity contribution in [1.82, 2.24) is 4.72 Å². The maximum absolute atomic E-state index is 11.9. The Morgan fingerprint density at radius 2 is 1.67 bits per heavy atom. The Hall–Kier alpha value is -0.910. The van der Waals surface area contributed by atoms with Gasteiger partial charge in [-0.25, -0.2) is 13.1 Å². The molecule has 2 N–H and O–H groups in total. The van der Waals surface area contributed by atoms with Crippen molar-refractivity contribution in [3.8, 4) is 0 Å². The van der Waals surface area contributed by atoms with Crippen molar-refractivity contribution in [1.29, 1.82) is 0 Å². The molecule has 102 valence electrons. The van der Waals surface area contributed by atoms with Gasteiger partial charge in [-0.1, -0.05) is 30.5 Å². The molecule has 0 aliphatic rings. The van der Waals surface area contributed by atoms with Gasteiger partial charge in [0.25, 0.3) is 0 Å². The minimum Gasteiger partial charge on any atom is -0.396 e. The molecule has 5 heteroatoms. The molecular formula is C13H21NO3S. The summed E-state index contributed by atoms with van der Waals surface area (Å²) in [5, 5.41) is 8.61. The Kier molecular flexibility index (Phi) is 6.32. The number of aryl methyl sites for hydroxylation is 1. The van der Waals surface area contributed by atoms with Crippen molar-refractivity contribution in [2.45, 2.75) is 37.5 Å². The number of benzene rings is 1. The van der Waals surface area contributed by atoms with E-state index in [1.807, 2.05) is 6.92 Å². The summed E-state index contributed by atoms with van der Waals surface area (Å²) in [5.74, 6) is 0. The van der Waals surface area contributed by atoms with E-state index in [4.69, 9.17) is 5.11 Å². The zero-order valence-electron chi connectivity index (χ0n) is 10.7. The van der Waals surface area contributed by atoms with Crippen molar-refractivity contribution in [2.24, 2.45) is 0 Å². The van der Waals surface area contributed by atoms with E-state index >= 15 is 0 Å². The predicted molar refractivity (Wildman–Crippen MR) is 71.9 cm³/mol. The molecular weight excluding hydrogens is 250 g/mol. The van der Waals surface area contributed by atoms with E-state index in [1.165, 1.54) is 0 Å². The molecule has 0 heterocycles. The van der Waals surface area contributed by atoms with Gasteiger partial charge in [-0.2, -0.15) is 0 Å². The van der Waals surface area contributed by atoms with E-state index in [2.05, 4.69) is 4.72 Å². The van der Waals surface area contributed by atoms with Gasteiger partial charge in [-0.15, -0.1) is 0 Å². The smallest absolute Gasteiger partial charge is 0.240 e. The Labute approximate surface area is 109 Å². The summed E-state index contributed by atoms with van der Waals surface area (Å²) in [7, 11) is -3.37. The zero-order chi connectivity index (χ0) is 13.4. The lowest BCUT2D eigenvalue weighted by Gasteiger charge is -2.06. The van der Waals surface area contributed by atoms with E-state index < -0.39 is 10.0 Å². The second-order valence-corrected chi connectivity index (χ2v) is 6.12. The first-order valence-corrected chi connectivity index (χ1v) is 7.72. The van der Waals surface area contributed by atoms with Crippen LogP contribution in [0.3, 0.4) is 0 Å². The molecule has 0 spiro atoms. The lowest BCUT2D eigenvalue weighted by atomic mass is 10.2. The number of hydrogen-bond donors (Lipinski definition) is 2. The third kappa shape index (κ3) is 5.16. The van der Waals surface area contributed by atoms with Crippen LogP contribution in [0.25, 0.3) is 0 Å². The van der Waals surface area contributed by atoms with Gasteiger partial charge in [0.05, 0.1) is 4.90 Å². The van der Waals surface area contributed by atoms with Gasteiger partial charge in [0, 0.05) is 13.2 Å². The van der Waals surface area contributed by atoms with Crippen LogP contribution in [0.1, 0.15) is 31.2 Å². The first-order chi connectivity index (χ1) is 8.56. The molecule has 0 aliphatic carbocycles. The Morgan fingerprint density at radius 3 is 2.28 bits per heavy atom. The molecule has 0 saturated carbocycles. The number of rotatable bonds is 8. The van der Waals surface area contributed by atoms with Crippen LogP contribution in [0.15, 0.2) is 29.2 Å². The van der Waals surface area contributed by atoms with Crippen molar-refractivity contribution < 1.29 is 13.5 Å². The fourth-order valence-electron chi connectivity index (χ4n) is 1.60. The highest BCUT2D eigenvalue weighted by Gasteiger charge is 2.12. The average molecular weight is 271 g/mol. The van der Waals surface area contributed by atoms with Gasteiger partial charge in [0.15, 0.2) is 0 Å². The molecule has 0 unspecified atom stereocenters. The van der Waals surface area contributed by atoms with Gasteiger partial charge in [0.2, 0.25) is 10.0 Å². The fraction of sp³-hybridized carbons (Fsp3) is 0.538. The molecule has 0 aliphatic heterocycles. The summed E-state index contributed by atoms with van der Waals surface area (Å²) in [4.78, 5) is 0.309. The second-order valence-electron chi connectivity index (χ2n) is 4.35. The lowest BCUT2D eigenvalue weighted by Crippen LogP contribution is -2.24. The molecule has 0 atom stereocenters. The van der Waals surface area contributed by atoms with Crippen molar-refractivity contribution >= 4 is 10.0 Å². The lowest BCUT2D eigenvalue weighted by molar-refractivity contribution is 0.282. The molecule has 0 bridgehead atoms.